The standard InChI is InChI=1S/C7H12N2O2S2/c1-13(10,11)9-4-2-7(3-5-9)8-6-12/h7H,2-5H2,1H3. The monoisotopic (exact) mass is 220 g/mol. The van der Waals surface area contributed by atoms with E-state index in [1.807, 2.05) is 0 Å². The van der Waals surface area contributed by atoms with Gasteiger partial charge in [0.05, 0.1) is 17.5 Å². The fourth-order valence-electron chi connectivity index (χ4n) is 1.38. The van der Waals surface area contributed by atoms with Gasteiger partial charge in [-0.25, -0.2) is 17.7 Å². The molecule has 6 heteroatoms. The van der Waals surface area contributed by atoms with Crippen molar-refractivity contribution in [1.29, 1.82) is 0 Å². The van der Waals surface area contributed by atoms with Gasteiger partial charge in [0.25, 0.3) is 0 Å². The van der Waals surface area contributed by atoms with Crippen molar-refractivity contribution >= 4 is 27.4 Å². The average molecular weight is 220 g/mol. The molecule has 0 radical (unpaired) electrons. The number of rotatable bonds is 2. The second-order valence-electron chi connectivity index (χ2n) is 3.11. The molecule has 0 aromatic rings. The van der Waals surface area contributed by atoms with Gasteiger partial charge in [0, 0.05) is 13.1 Å². The van der Waals surface area contributed by atoms with E-state index >= 15 is 0 Å². The van der Waals surface area contributed by atoms with Crippen LogP contribution < -0.4 is 0 Å². The Bertz CT molecular complexity index is 311. The van der Waals surface area contributed by atoms with Crippen LogP contribution in [0.25, 0.3) is 0 Å². The van der Waals surface area contributed by atoms with Crippen LogP contribution in [0.1, 0.15) is 12.8 Å². The first kappa shape index (κ1) is 10.8. The zero-order valence-corrected chi connectivity index (χ0v) is 9.07. The summed E-state index contributed by atoms with van der Waals surface area (Å²) in [6.45, 7) is 1.09. The third-order valence-corrected chi connectivity index (χ3v) is 3.54. The van der Waals surface area contributed by atoms with Crippen LogP contribution in [0.4, 0.5) is 0 Å². The Morgan fingerprint density at radius 2 is 2.00 bits per heavy atom. The van der Waals surface area contributed by atoms with E-state index in [-0.39, 0.29) is 6.04 Å². The topological polar surface area (TPSA) is 49.7 Å². The van der Waals surface area contributed by atoms with E-state index in [0.29, 0.717) is 13.1 Å². The predicted octanol–water partition coefficient (Wildman–Crippen LogP) is 0.513. The van der Waals surface area contributed by atoms with Crippen molar-refractivity contribution in [3.8, 4) is 0 Å². The first-order valence-electron chi connectivity index (χ1n) is 4.06. The molecule has 1 aliphatic heterocycles. The van der Waals surface area contributed by atoms with Crippen molar-refractivity contribution in [2.24, 2.45) is 4.99 Å². The number of piperidine rings is 1. The SMILES string of the molecule is CS(=O)(=O)N1CCC(N=C=S)CC1. The maximum absolute atomic E-state index is 11.1. The lowest BCUT2D eigenvalue weighted by Gasteiger charge is -2.27. The van der Waals surface area contributed by atoms with Gasteiger partial charge in [0.2, 0.25) is 10.0 Å². The van der Waals surface area contributed by atoms with Crippen molar-refractivity contribution in [2.75, 3.05) is 19.3 Å². The number of isothiocyanates is 1. The molecule has 0 unspecified atom stereocenters. The minimum absolute atomic E-state index is 0.162. The maximum Gasteiger partial charge on any atom is 0.211 e. The van der Waals surface area contributed by atoms with E-state index in [1.165, 1.54) is 10.6 Å². The van der Waals surface area contributed by atoms with Crippen LogP contribution in [-0.4, -0.2) is 43.3 Å². The number of sulfonamides is 1. The number of hydrogen-bond donors (Lipinski definition) is 0. The zero-order chi connectivity index (χ0) is 9.90. The lowest BCUT2D eigenvalue weighted by molar-refractivity contribution is 0.323. The average Bonchev–Trinajstić information content (AvgIpc) is 2.04. The van der Waals surface area contributed by atoms with Gasteiger partial charge in [-0.15, -0.1) is 0 Å². The highest BCUT2D eigenvalue weighted by Crippen LogP contribution is 2.15. The highest BCUT2D eigenvalue weighted by molar-refractivity contribution is 7.88. The van der Waals surface area contributed by atoms with E-state index in [0.717, 1.165) is 12.8 Å². The highest BCUT2D eigenvalue weighted by atomic mass is 32.2. The van der Waals surface area contributed by atoms with Crippen LogP contribution in [0.3, 0.4) is 0 Å². The van der Waals surface area contributed by atoms with Crippen LogP contribution >= 0.6 is 12.2 Å². The summed E-state index contributed by atoms with van der Waals surface area (Å²) in [6, 6.07) is 0.162. The number of hydrogen-bond acceptors (Lipinski definition) is 4. The van der Waals surface area contributed by atoms with Gasteiger partial charge >= 0.3 is 0 Å². The highest BCUT2D eigenvalue weighted by Gasteiger charge is 2.23. The summed E-state index contributed by atoms with van der Waals surface area (Å²) < 4.78 is 23.7. The van der Waals surface area contributed by atoms with Crippen LogP contribution in [0, 0.1) is 0 Å². The van der Waals surface area contributed by atoms with Crippen molar-refractivity contribution in [3.63, 3.8) is 0 Å². The van der Waals surface area contributed by atoms with E-state index in [2.05, 4.69) is 22.4 Å². The summed E-state index contributed by atoms with van der Waals surface area (Å²) in [5.74, 6) is 0. The molecule has 13 heavy (non-hydrogen) atoms. The maximum atomic E-state index is 11.1. The summed E-state index contributed by atoms with van der Waals surface area (Å²) in [5, 5.41) is 2.33. The second-order valence-corrected chi connectivity index (χ2v) is 5.28. The molecule has 0 saturated carbocycles. The Hall–Kier alpha value is -0.290. The Morgan fingerprint density at radius 1 is 1.46 bits per heavy atom. The van der Waals surface area contributed by atoms with Gasteiger partial charge in [-0.1, -0.05) is 0 Å². The van der Waals surface area contributed by atoms with E-state index in [4.69, 9.17) is 0 Å². The van der Waals surface area contributed by atoms with Gasteiger partial charge in [0.1, 0.15) is 0 Å². The van der Waals surface area contributed by atoms with Crippen molar-refractivity contribution in [1.82, 2.24) is 4.31 Å². The molecule has 4 nitrogen and oxygen atoms in total. The van der Waals surface area contributed by atoms with E-state index in [1.54, 1.807) is 0 Å². The molecule has 0 N–H and O–H groups in total. The van der Waals surface area contributed by atoms with Gasteiger partial charge in [-0.05, 0) is 25.1 Å². The van der Waals surface area contributed by atoms with Crippen LogP contribution in [0.2, 0.25) is 0 Å². The van der Waals surface area contributed by atoms with Crippen LogP contribution in [-0.2, 0) is 10.0 Å². The molecule has 0 aliphatic carbocycles. The number of nitrogens with zero attached hydrogens (tertiary/aromatic N) is 2. The molecular formula is C7H12N2O2S2. The molecule has 0 spiro atoms. The quantitative estimate of drug-likeness (QED) is 0.503. The zero-order valence-electron chi connectivity index (χ0n) is 7.43. The van der Waals surface area contributed by atoms with Crippen molar-refractivity contribution < 1.29 is 8.42 Å². The molecule has 0 amide bonds. The summed E-state index contributed by atoms with van der Waals surface area (Å²) in [4.78, 5) is 3.94. The first-order chi connectivity index (χ1) is 6.04. The largest absolute Gasteiger partial charge is 0.229 e. The molecule has 1 aliphatic rings. The minimum Gasteiger partial charge on any atom is -0.229 e. The predicted molar refractivity (Wildman–Crippen MR) is 54.5 cm³/mol. The van der Waals surface area contributed by atoms with Gasteiger partial charge in [0.15, 0.2) is 0 Å². The van der Waals surface area contributed by atoms with Crippen LogP contribution in [0.15, 0.2) is 4.99 Å². The Balaban J connectivity index is 2.53. The molecule has 1 heterocycles. The lowest BCUT2D eigenvalue weighted by Crippen LogP contribution is -2.38. The second kappa shape index (κ2) is 4.28. The molecule has 1 fully saturated rings. The molecule has 0 bridgehead atoms. The smallest absolute Gasteiger partial charge is 0.211 e. The Labute approximate surface area is 83.7 Å². The molecule has 1 rings (SSSR count). The summed E-state index contributed by atoms with van der Waals surface area (Å²) in [6.07, 6.45) is 2.73. The van der Waals surface area contributed by atoms with E-state index in [9.17, 15) is 8.42 Å². The molecular weight excluding hydrogens is 208 g/mol. The van der Waals surface area contributed by atoms with Gasteiger partial charge in [-0.2, -0.15) is 0 Å². The van der Waals surface area contributed by atoms with Crippen LogP contribution in [0.5, 0.6) is 0 Å². The lowest BCUT2D eigenvalue weighted by atomic mass is 10.1. The van der Waals surface area contributed by atoms with Crippen molar-refractivity contribution in [2.45, 2.75) is 18.9 Å². The Kier molecular flexibility index (Phi) is 3.55. The summed E-state index contributed by atoms with van der Waals surface area (Å²) in [7, 11) is -3.02. The third kappa shape index (κ3) is 3.15. The Morgan fingerprint density at radius 3 is 2.38 bits per heavy atom. The molecule has 74 valence electrons. The molecule has 0 aromatic heterocycles. The van der Waals surface area contributed by atoms with E-state index < -0.39 is 10.0 Å². The summed E-state index contributed by atoms with van der Waals surface area (Å²) in [5.41, 5.74) is 0. The van der Waals surface area contributed by atoms with Gasteiger partial charge in [-0.3, -0.25) is 0 Å². The molecule has 0 atom stereocenters. The fourth-order valence-corrected chi connectivity index (χ4v) is 2.40. The first-order valence-corrected chi connectivity index (χ1v) is 6.32. The molecule has 0 aromatic carbocycles. The third-order valence-electron chi connectivity index (χ3n) is 2.13. The number of aliphatic imine (C=N–C) groups is 1. The van der Waals surface area contributed by atoms with Crippen molar-refractivity contribution in [3.05, 3.63) is 0 Å². The fraction of sp³-hybridized carbons (Fsp3) is 0.857. The normalized spacial score (nSPS) is 21.0. The molecule has 1 saturated heterocycles. The summed E-state index contributed by atoms with van der Waals surface area (Å²) >= 11 is 4.49. The van der Waals surface area contributed by atoms with Gasteiger partial charge < -0.3 is 0 Å². The number of thiocarbonyl (C=S) groups is 1. The minimum atomic E-state index is -3.02.